The van der Waals surface area contributed by atoms with E-state index in [-0.39, 0.29) is 25.6 Å². The van der Waals surface area contributed by atoms with Gasteiger partial charge in [-0.2, -0.15) is 0 Å². The Morgan fingerprint density at radius 2 is 0.833 bits per heavy atom. The van der Waals surface area contributed by atoms with Gasteiger partial charge >= 0.3 is 19.8 Å². The van der Waals surface area contributed by atoms with Crippen LogP contribution in [-0.2, 0) is 32.7 Å². The number of hydrogen-bond donors (Lipinski definition) is 2. The summed E-state index contributed by atoms with van der Waals surface area (Å²) in [6.45, 7) is 4.27. The van der Waals surface area contributed by atoms with Crippen LogP contribution in [0.15, 0.2) is 0 Å². The molecule has 0 rings (SSSR count). The van der Waals surface area contributed by atoms with Crippen LogP contribution in [0.2, 0.25) is 0 Å². The standard InChI is InChI=1S/C44H88NO8P/c1-4-6-8-10-12-14-16-18-19-20-21-22-23-25-26-28-30-32-34-36-43(46)50-40-42(41-52-54(48,49)51-39-38-45-3)53-44(47)37-35-33-31-29-27-24-17-15-13-11-9-7-5-2/h42,45H,4-41H2,1-3H3,(H,48,49). The van der Waals surface area contributed by atoms with Gasteiger partial charge in [0.2, 0.25) is 0 Å². The van der Waals surface area contributed by atoms with Gasteiger partial charge in [-0.3, -0.25) is 18.6 Å². The molecule has 0 aliphatic rings. The molecular weight excluding hydrogens is 701 g/mol. The fraction of sp³-hybridized carbons (Fsp3) is 0.955. The maximum Gasteiger partial charge on any atom is 0.472 e. The molecular formula is C44H88NO8P. The third-order valence-corrected chi connectivity index (χ3v) is 11.2. The highest BCUT2D eigenvalue weighted by atomic mass is 31.2. The number of likely N-dealkylation sites (N-methyl/N-ethyl adjacent to an activating group) is 1. The second-order valence-electron chi connectivity index (χ2n) is 15.6. The minimum atomic E-state index is -4.34. The van der Waals surface area contributed by atoms with Crippen molar-refractivity contribution in [2.45, 2.75) is 238 Å². The number of carbonyl (C=O) groups excluding carboxylic acids is 2. The minimum Gasteiger partial charge on any atom is -0.462 e. The predicted octanol–water partition coefficient (Wildman–Crippen LogP) is 13.1. The number of ether oxygens (including phenoxy) is 2. The first kappa shape index (κ1) is 53.0. The monoisotopic (exact) mass is 790 g/mol. The number of rotatable bonds is 44. The van der Waals surface area contributed by atoms with Crippen molar-refractivity contribution in [1.29, 1.82) is 0 Å². The molecule has 0 fully saturated rings. The molecule has 0 amide bonds. The topological polar surface area (TPSA) is 120 Å². The van der Waals surface area contributed by atoms with E-state index in [1.54, 1.807) is 7.05 Å². The smallest absolute Gasteiger partial charge is 0.462 e. The zero-order valence-corrected chi connectivity index (χ0v) is 36.6. The first-order valence-corrected chi connectivity index (χ1v) is 24.5. The fourth-order valence-electron chi connectivity index (χ4n) is 6.73. The molecule has 322 valence electrons. The Kier molecular flexibility index (Phi) is 40.9. The number of nitrogens with one attached hydrogen (secondary N) is 1. The van der Waals surface area contributed by atoms with Crippen molar-refractivity contribution >= 4 is 19.8 Å². The van der Waals surface area contributed by atoms with E-state index in [1.165, 1.54) is 167 Å². The van der Waals surface area contributed by atoms with Gasteiger partial charge in [-0.15, -0.1) is 0 Å². The Labute approximate surface area is 333 Å². The number of esters is 2. The Morgan fingerprint density at radius 3 is 1.19 bits per heavy atom. The second-order valence-corrected chi connectivity index (χ2v) is 17.1. The first-order chi connectivity index (χ1) is 26.3. The molecule has 0 radical (unpaired) electrons. The van der Waals surface area contributed by atoms with E-state index in [1.807, 2.05) is 0 Å². The maximum atomic E-state index is 12.6. The minimum absolute atomic E-state index is 0.0117. The Morgan fingerprint density at radius 1 is 0.500 bits per heavy atom. The molecule has 2 N–H and O–H groups in total. The van der Waals surface area contributed by atoms with Crippen LogP contribution in [0, 0.1) is 0 Å². The van der Waals surface area contributed by atoms with Crippen molar-refractivity contribution in [3.8, 4) is 0 Å². The highest BCUT2D eigenvalue weighted by Gasteiger charge is 2.26. The molecule has 10 heteroatoms. The summed E-state index contributed by atoms with van der Waals surface area (Å²) >= 11 is 0. The van der Waals surface area contributed by atoms with Gasteiger partial charge in [0.25, 0.3) is 0 Å². The van der Waals surface area contributed by atoms with Gasteiger partial charge in [-0.25, -0.2) is 4.57 Å². The number of unbranched alkanes of at least 4 members (excludes halogenated alkanes) is 30. The number of phosphoric acid groups is 1. The van der Waals surface area contributed by atoms with Crippen LogP contribution in [0.25, 0.3) is 0 Å². The molecule has 2 unspecified atom stereocenters. The van der Waals surface area contributed by atoms with Crippen molar-refractivity contribution in [2.24, 2.45) is 0 Å². The first-order valence-electron chi connectivity index (χ1n) is 23.0. The molecule has 0 aromatic carbocycles. The number of carbonyl (C=O) groups is 2. The van der Waals surface area contributed by atoms with Gasteiger partial charge in [0.15, 0.2) is 6.10 Å². The highest BCUT2D eigenvalue weighted by Crippen LogP contribution is 2.43. The van der Waals surface area contributed by atoms with Gasteiger partial charge in [-0.1, -0.05) is 206 Å². The summed E-state index contributed by atoms with van der Waals surface area (Å²) < 4.78 is 33.2. The average molecular weight is 790 g/mol. The van der Waals surface area contributed by atoms with Gasteiger partial charge in [-0.05, 0) is 19.9 Å². The van der Waals surface area contributed by atoms with Crippen molar-refractivity contribution < 1.29 is 37.6 Å². The van der Waals surface area contributed by atoms with Crippen LogP contribution >= 0.6 is 7.82 Å². The average Bonchev–Trinajstić information content (AvgIpc) is 3.15. The van der Waals surface area contributed by atoms with E-state index >= 15 is 0 Å². The Bertz CT molecular complexity index is 860. The van der Waals surface area contributed by atoms with Crippen molar-refractivity contribution in [2.75, 3.05) is 33.4 Å². The Balaban J connectivity index is 4.10. The van der Waals surface area contributed by atoms with E-state index < -0.39 is 26.5 Å². The van der Waals surface area contributed by atoms with Crippen LogP contribution in [0.3, 0.4) is 0 Å². The Hall–Kier alpha value is -0.990. The molecule has 0 bridgehead atoms. The lowest BCUT2D eigenvalue weighted by atomic mass is 10.0. The maximum absolute atomic E-state index is 12.6. The van der Waals surface area contributed by atoms with E-state index in [9.17, 15) is 19.0 Å². The molecule has 9 nitrogen and oxygen atoms in total. The van der Waals surface area contributed by atoms with Gasteiger partial charge in [0.1, 0.15) is 6.61 Å². The van der Waals surface area contributed by atoms with E-state index in [4.69, 9.17) is 18.5 Å². The molecule has 0 heterocycles. The van der Waals surface area contributed by atoms with Gasteiger partial charge < -0.3 is 19.7 Å². The molecule has 0 aromatic heterocycles. The van der Waals surface area contributed by atoms with Gasteiger partial charge in [0.05, 0.1) is 13.2 Å². The number of hydrogen-bond acceptors (Lipinski definition) is 8. The lowest BCUT2D eigenvalue weighted by Crippen LogP contribution is -2.29. The van der Waals surface area contributed by atoms with Crippen LogP contribution in [-0.4, -0.2) is 56.3 Å². The predicted molar refractivity (Wildman–Crippen MR) is 225 cm³/mol. The van der Waals surface area contributed by atoms with Crippen LogP contribution in [0.1, 0.15) is 232 Å². The molecule has 0 aliphatic carbocycles. The van der Waals surface area contributed by atoms with Crippen molar-refractivity contribution in [3.05, 3.63) is 0 Å². The molecule has 0 aliphatic heterocycles. The van der Waals surface area contributed by atoms with Crippen LogP contribution in [0.4, 0.5) is 0 Å². The van der Waals surface area contributed by atoms with E-state index in [2.05, 4.69) is 19.2 Å². The third kappa shape index (κ3) is 40.7. The second kappa shape index (κ2) is 41.6. The third-order valence-electron chi connectivity index (χ3n) is 10.2. The largest absolute Gasteiger partial charge is 0.472 e. The molecule has 0 spiro atoms. The molecule has 2 atom stereocenters. The van der Waals surface area contributed by atoms with Crippen molar-refractivity contribution in [3.63, 3.8) is 0 Å². The molecule has 54 heavy (non-hydrogen) atoms. The SMILES string of the molecule is CCCCCCCCCCCCCCCCCCCCCC(=O)OCC(COP(=O)(O)OCCNC)OC(=O)CCCCCCCCCCCCCCC. The molecule has 0 saturated heterocycles. The van der Waals surface area contributed by atoms with Crippen molar-refractivity contribution in [1.82, 2.24) is 5.32 Å². The summed E-state index contributed by atoms with van der Waals surface area (Å²) in [5, 5.41) is 2.83. The summed E-state index contributed by atoms with van der Waals surface area (Å²) in [6, 6.07) is 0. The van der Waals surface area contributed by atoms with E-state index in [0.717, 1.165) is 32.1 Å². The zero-order valence-electron chi connectivity index (χ0n) is 35.7. The summed E-state index contributed by atoms with van der Waals surface area (Å²) in [5.41, 5.74) is 0. The number of phosphoric ester groups is 1. The molecule has 0 aromatic rings. The van der Waals surface area contributed by atoms with E-state index in [0.29, 0.717) is 19.4 Å². The summed E-state index contributed by atoms with van der Waals surface area (Å²) in [7, 11) is -2.64. The van der Waals surface area contributed by atoms with Gasteiger partial charge in [0, 0.05) is 19.4 Å². The summed E-state index contributed by atoms with van der Waals surface area (Å²) in [4.78, 5) is 35.1. The van der Waals surface area contributed by atoms with Crippen LogP contribution in [0.5, 0.6) is 0 Å². The lowest BCUT2D eigenvalue weighted by molar-refractivity contribution is -0.161. The fourth-order valence-corrected chi connectivity index (χ4v) is 7.48. The quantitative estimate of drug-likeness (QED) is 0.0353. The summed E-state index contributed by atoms with van der Waals surface area (Å²) in [6.07, 6.45) is 40.0. The summed E-state index contributed by atoms with van der Waals surface area (Å²) in [5.74, 6) is -0.789. The normalized spacial score (nSPS) is 13.2. The van der Waals surface area contributed by atoms with Crippen LogP contribution < -0.4 is 5.32 Å². The molecule has 0 saturated carbocycles. The zero-order chi connectivity index (χ0) is 39.6. The highest BCUT2D eigenvalue weighted by molar-refractivity contribution is 7.47. The lowest BCUT2D eigenvalue weighted by Gasteiger charge is -2.20.